The number of aryl methyl sites for hydroxylation is 1. The fraction of sp³-hybridized carbons (Fsp3) is 0.286. The van der Waals surface area contributed by atoms with Crippen LogP contribution in [0.1, 0.15) is 16.8 Å². The maximum atomic E-state index is 12.5. The minimum Gasteiger partial charge on any atom is -0.312 e. The summed E-state index contributed by atoms with van der Waals surface area (Å²) in [6.45, 7) is 2.95. The number of fused-ring (bicyclic) bond motifs is 1. The number of benzene rings is 1. The van der Waals surface area contributed by atoms with Gasteiger partial charge in [0.15, 0.2) is 4.90 Å². The van der Waals surface area contributed by atoms with E-state index in [0.29, 0.717) is 5.69 Å². The van der Waals surface area contributed by atoms with Gasteiger partial charge >= 0.3 is 5.69 Å². The van der Waals surface area contributed by atoms with Crippen molar-refractivity contribution in [3.05, 3.63) is 55.9 Å². The van der Waals surface area contributed by atoms with Crippen LogP contribution in [-0.4, -0.2) is 24.9 Å². The van der Waals surface area contributed by atoms with Crippen LogP contribution in [0.4, 0.5) is 5.69 Å². The topological polar surface area (TPSA) is 124 Å². The quantitative estimate of drug-likeness (QED) is 0.614. The van der Waals surface area contributed by atoms with Gasteiger partial charge in [-0.05, 0) is 43.1 Å². The Kier molecular flexibility index (Phi) is 5.16. The third-order valence-electron chi connectivity index (χ3n) is 3.69. The Balaban J connectivity index is 0.00000208. The van der Waals surface area contributed by atoms with E-state index < -0.39 is 26.2 Å². The molecule has 2 heterocycles. The molecule has 1 aromatic heterocycles. The molecule has 1 aromatic carbocycles. The van der Waals surface area contributed by atoms with Gasteiger partial charge in [-0.2, -0.15) is 0 Å². The minimum atomic E-state index is -4.10. The van der Waals surface area contributed by atoms with Gasteiger partial charge in [0.1, 0.15) is 0 Å². The van der Waals surface area contributed by atoms with Gasteiger partial charge in [-0.1, -0.05) is 6.07 Å². The first kappa shape index (κ1) is 18.2. The molecule has 2 aromatic rings. The van der Waals surface area contributed by atoms with E-state index in [-0.39, 0.29) is 18.1 Å². The zero-order chi connectivity index (χ0) is 16.6. The molecule has 0 aliphatic carbocycles. The second-order valence-corrected chi connectivity index (χ2v) is 7.00. The van der Waals surface area contributed by atoms with Crippen molar-refractivity contribution in [2.75, 3.05) is 11.3 Å². The molecule has 0 amide bonds. The number of sulfonamides is 1. The van der Waals surface area contributed by atoms with Crippen LogP contribution in [0.5, 0.6) is 0 Å². The molecule has 0 bridgehead atoms. The molecule has 24 heavy (non-hydrogen) atoms. The van der Waals surface area contributed by atoms with Crippen molar-refractivity contribution in [2.24, 2.45) is 0 Å². The molecular formula is C14H17ClN4O4S. The molecule has 1 aliphatic heterocycles. The molecule has 8 nitrogen and oxygen atoms in total. The summed E-state index contributed by atoms with van der Waals surface area (Å²) < 4.78 is 27.3. The maximum Gasteiger partial charge on any atom is 0.325 e. The number of H-pyrrole nitrogens is 2. The third-order valence-corrected chi connectivity index (χ3v) is 5.22. The van der Waals surface area contributed by atoms with Gasteiger partial charge in [0, 0.05) is 17.9 Å². The van der Waals surface area contributed by atoms with E-state index in [1.54, 1.807) is 12.1 Å². The first-order valence-electron chi connectivity index (χ1n) is 7.05. The number of hydrogen-bond donors (Lipinski definition) is 4. The number of rotatable bonds is 3. The summed E-state index contributed by atoms with van der Waals surface area (Å²) in [7, 11) is -4.10. The van der Waals surface area contributed by atoms with Gasteiger partial charge in [0.05, 0.1) is 0 Å². The molecule has 0 saturated heterocycles. The Morgan fingerprint density at radius 1 is 1.12 bits per heavy atom. The van der Waals surface area contributed by atoms with Crippen LogP contribution in [0, 0.1) is 6.92 Å². The van der Waals surface area contributed by atoms with Crippen molar-refractivity contribution in [1.82, 2.24) is 15.3 Å². The van der Waals surface area contributed by atoms with Crippen LogP contribution in [-0.2, 0) is 23.0 Å². The molecule has 130 valence electrons. The van der Waals surface area contributed by atoms with E-state index in [2.05, 4.69) is 15.0 Å². The van der Waals surface area contributed by atoms with E-state index in [0.717, 1.165) is 30.6 Å². The van der Waals surface area contributed by atoms with Crippen LogP contribution in [0.3, 0.4) is 0 Å². The molecule has 10 heteroatoms. The van der Waals surface area contributed by atoms with Crippen molar-refractivity contribution in [1.29, 1.82) is 0 Å². The molecule has 3 rings (SSSR count). The summed E-state index contributed by atoms with van der Waals surface area (Å²) in [6, 6.07) is 5.27. The van der Waals surface area contributed by atoms with Crippen molar-refractivity contribution in [2.45, 2.75) is 24.8 Å². The number of halogens is 1. The second-order valence-electron chi connectivity index (χ2n) is 5.38. The zero-order valence-electron chi connectivity index (χ0n) is 12.8. The Bertz CT molecular complexity index is 981. The van der Waals surface area contributed by atoms with Gasteiger partial charge in [0.25, 0.3) is 15.6 Å². The number of aromatic amines is 2. The van der Waals surface area contributed by atoms with Crippen molar-refractivity contribution in [3.63, 3.8) is 0 Å². The summed E-state index contributed by atoms with van der Waals surface area (Å²) in [4.78, 5) is 26.7. The van der Waals surface area contributed by atoms with Crippen molar-refractivity contribution in [3.8, 4) is 0 Å². The van der Waals surface area contributed by atoms with Crippen LogP contribution in [0.25, 0.3) is 0 Å². The summed E-state index contributed by atoms with van der Waals surface area (Å²) in [6.07, 6.45) is 0.809. The summed E-state index contributed by atoms with van der Waals surface area (Å²) in [5, 5.41) is 3.24. The Morgan fingerprint density at radius 3 is 2.58 bits per heavy atom. The number of hydrogen-bond acceptors (Lipinski definition) is 5. The lowest BCUT2D eigenvalue weighted by atomic mass is 10.0. The number of nitrogens with one attached hydrogen (secondary N) is 4. The first-order valence-corrected chi connectivity index (χ1v) is 8.54. The first-order chi connectivity index (χ1) is 10.9. The van der Waals surface area contributed by atoms with Gasteiger partial charge in [0.2, 0.25) is 0 Å². The van der Waals surface area contributed by atoms with E-state index in [9.17, 15) is 18.0 Å². The predicted octanol–water partition coefficient (Wildman–Crippen LogP) is 0.240. The molecule has 0 atom stereocenters. The molecule has 0 spiro atoms. The highest BCUT2D eigenvalue weighted by Gasteiger charge is 2.22. The van der Waals surface area contributed by atoms with Crippen LogP contribution in [0.15, 0.2) is 32.7 Å². The predicted molar refractivity (Wildman–Crippen MR) is 92.3 cm³/mol. The third kappa shape index (κ3) is 3.53. The van der Waals surface area contributed by atoms with E-state index in [1.807, 2.05) is 11.1 Å². The van der Waals surface area contributed by atoms with Crippen LogP contribution >= 0.6 is 12.4 Å². The Hall–Kier alpha value is -2.10. The van der Waals surface area contributed by atoms with Gasteiger partial charge in [-0.3, -0.25) is 14.5 Å². The highest BCUT2D eigenvalue weighted by Crippen LogP contribution is 2.21. The molecule has 0 radical (unpaired) electrons. The van der Waals surface area contributed by atoms with Crippen LogP contribution in [0.2, 0.25) is 0 Å². The molecule has 0 fully saturated rings. The average Bonchev–Trinajstić information content (AvgIpc) is 2.45. The fourth-order valence-corrected chi connectivity index (χ4v) is 3.95. The lowest BCUT2D eigenvalue weighted by molar-refractivity contribution is 0.598. The smallest absolute Gasteiger partial charge is 0.312 e. The largest absolute Gasteiger partial charge is 0.325 e. The molecular weight excluding hydrogens is 356 g/mol. The van der Waals surface area contributed by atoms with E-state index >= 15 is 0 Å². The molecule has 0 unspecified atom stereocenters. The monoisotopic (exact) mass is 372 g/mol. The molecule has 1 aliphatic rings. The minimum absolute atomic E-state index is 0. The number of aromatic nitrogens is 2. The SMILES string of the molecule is Cc1[nH]c(=O)[nH]c(=O)c1S(=O)(=O)Nc1ccc2c(c1)CCNC2.Cl. The highest BCUT2D eigenvalue weighted by molar-refractivity contribution is 7.92. The summed E-state index contributed by atoms with van der Waals surface area (Å²) >= 11 is 0. The van der Waals surface area contributed by atoms with Gasteiger partial charge in [-0.25, -0.2) is 13.2 Å². The van der Waals surface area contributed by atoms with E-state index in [1.165, 1.54) is 6.92 Å². The normalized spacial score (nSPS) is 13.7. The lowest BCUT2D eigenvalue weighted by Gasteiger charge is -2.18. The molecule has 0 saturated carbocycles. The standard InChI is InChI=1S/C14H16N4O4S.ClH/c1-8-12(13(19)17-14(20)16-8)23(21,22)18-11-3-2-10-7-15-5-4-9(10)6-11;/h2-3,6,15,18H,4-5,7H2,1H3,(H2,16,17,19,20);1H. The Morgan fingerprint density at radius 2 is 1.88 bits per heavy atom. The van der Waals surface area contributed by atoms with E-state index in [4.69, 9.17) is 0 Å². The van der Waals surface area contributed by atoms with Gasteiger partial charge in [-0.15, -0.1) is 12.4 Å². The second kappa shape index (κ2) is 6.80. The van der Waals surface area contributed by atoms with Crippen molar-refractivity contribution >= 4 is 28.1 Å². The van der Waals surface area contributed by atoms with Crippen LogP contribution < -0.4 is 21.3 Å². The summed E-state index contributed by atoms with van der Waals surface area (Å²) in [5.41, 5.74) is 0.881. The number of anilines is 1. The lowest BCUT2D eigenvalue weighted by Crippen LogP contribution is -2.31. The maximum absolute atomic E-state index is 12.5. The highest BCUT2D eigenvalue weighted by atomic mass is 35.5. The van der Waals surface area contributed by atoms with Gasteiger partial charge < -0.3 is 10.3 Å². The average molecular weight is 373 g/mol. The zero-order valence-corrected chi connectivity index (χ0v) is 14.4. The fourth-order valence-electron chi connectivity index (χ4n) is 2.66. The Labute approximate surface area is 144 Å². The molecule has 4 N–H and O–H groups in total. The van der Waals surface area contributed by atoms with Crippen molar-refractivity contribution < 1.29 is 8.42 Å². The summed E-state index contributed by atoms with van der Waals surface area (Å²) in [5.74, 6) is 0.